The van der Waals surface area contributed by atoms with E-state index in [1.54, 1.807) is 0 Å². The van der Waals surface area contributed by atoms with E-state index >= 15 is 0 Å². The van der Waals surface area contributed by atoms with Gasteiger partial charge in [0.05, 0.1) is 5.41 Å². The number of carbonyl (C=O) groups is 1. The van der Waals surface area contributed by atoms with Gasteiger partial charge in [0, 0.05) is 0 Å². The molecule has 0 aliphatic heterocycles. The normalized spacial score (nSPS) is 20.6. The van der Waals surface area contributed by atoms with Crippen LogP contribution in [-0.2, 0) is 9.53 Å². The zero-order chi connectivity index (χ0) is 13.6. The van der Waals surface area contributed by atoms with Crippen molar-refractivity contribution in [3.05, 3.63) is 12.7 Å². The fourth-order valence-corrected chi connectivity index (χ4v) is 2.32. The molecule has 2 heteroatoms. The Kier molecular flexibility index (Phi) is 5.43. The highest BCUT2D eigenvalue weighted by Gasteiger charge is 2.36. The van der Waals surface area contributed by atoms with Gasteiger partial charge in [0.25, 0.3) is 0 Å². The van der Waals surface area contributed by atoms with Crippen LogP contribution in [0.15, 0.2) is 12.7 Å². The topological polar surface area (TPSA) is 26.3 Å². The average Bonchev–Trinajstić information content (AvgIpc) is 2.32. The Bertz CT molecular complexity index is 283. The first-order chi connectivity index (χ1) is 8.46. The van der Waals surface area contributed by atoms with Crippen molar-refractivity contribution in [2.45, 2.75) is 77.7 Å². The van der Waals surface area contributed by atoms with Crippen LogP contribution in [0, 0.1) is 5.41 Å². The lowest BCUT2D eigenvalue weighted by atomic mass is 9.85. The maximum absolute atomic E-state index is 12.3. The molecule has 0 aromatic heterocycles. The van der Waals surface area contributed by atoms with Crippen molar-refractivity contribution in [1.29, 1.82) is 0 Å². The van der Waals surface area contributed by atoms with E-state index in [1.807, 2.05) is 26.8 Å². The highest BCUT2D eigenvalue weighted by molar-refractivity contribution is 5.76. The van der Waals surface area contributed by atoms with Gasteiger partial charge in [0.1, 0.15) is 5.60 Å². The molecule has 1 rings (SSSR count). The van der Waals surface area contributed by atoms with E-state index in [0.29, 0.717) is 0 Å². The van der Waals surface area contributed by atoms with Crippen LogP contribution < -0.4 is 0 Å². The number of esters is 1. The molecule has 1 aliphatic carbocycles. The van der Waals surface area contributed by atoms with Crippen molar-refractivity contribution in [3.63, 3.8) is 0 Å². The smallest absolute Gasteiger partial charge is 0.312 e. The summed E-state index contributed by atoms with van der Waals surface area (Å²) in [6.45, 7) is 9.85. The molecule has 0 atom stereocenters. The van der Waals surface area contributed by atoms with Crippen LogP contribution in [0.2, 0.25) is 0 Å². The third-order valence-electron chi connectivity index (χ3n) is 4.30. The van der Waals surface area contributed by atoms with Crippen LogP contribution in [0.1, 0.15) is 72.1 Å². The lowest BCUT2D eigenvalue weighted by Crippen LogP contribution is -2.38. The zero-order valence-electron chi connectivity index (χ0n) is 12.3. The van der Waals surface area contributed by atoms with Crippen LogP contribution in [0.5, 0.6) is 0 Å². The molecule has 18 heavy (non-hydrogen) atoms. The third-order valence-corrected chi connectivity index (χ3v) is 4.30. The van der Waals surface area contributed by atoms with E-state index < -0.39 is 11.0 Å². The predicted molar refractivity (Wildman–Crippen MR) is 75.4 cm³/mol. The number of hydrogen-bond acceptors (Lipinski definition) is 2. The van der Waals surface area contributed by atoms with E-state index in [4.69, 9.17) is 4.74 Å². The molecule has 1 saturated carbocycles. The second kappa shape index (κ2) is 6.40. The molecule has 0 amide bonds. The van der Waals surface area contributed by atoms with Gasteiger partial charge >= 0.3 is 5.97 Å². The summed E-state index contributed by atoms with van der Waals surface area (Å²) in [5.74, 6) is -0.0783. The minimum atomic E-state index is -0.413. The van der Waals surface area contributed by atoms with E-state index in [2.05, 4.69) is 6.58 Å². The van der Waals surface area contributed by atoms with Crippen molar-refractivity contribution in [3.8, 4) is 0 Å². The van der Waals surface area contributed by atoms with Gasteiger partial charge < -0.3 is 4.74 Å². The molecule has 0 N–H and O–H groups in total. The Morgan fingerprint density at radius 2 is 1.72 bits per heavy atom. The molecule has 1 aliphatic rings. The van der Waals surface area contributed by atoms with Gasteiger partial charge in [0.2, 0.25) is 0 Å². The van der Waals surface area contributed by atoms with Crippen molar-refractivity contribution in [2.75, 3.05) is 0 Å². The molecule has 0 aromatic carbocycles. The molecule has 1 fully saturated rings. The van der Waals surface area contributed by atoms with Crippen molar-refractivity contribution >= 4 is 5.97 Å². The fourth-order valence-electron chi connectivity index (χ4n) is 2.32. The lowest BCUT2D eigenvalue weighted by Gasteiger charge is -2.35. The Morgan fingerprint density at radius 3 is 2.17 bits per heavy atom. The molecule has 0 radical (unpaired) electrons. The number of ether oxygens (including phenoxy) is 1. The molecule has 0 aromatic rings. The van der Waals surface area contributed by atoms with Crippen molar-refractivity contribution in [1.82, 2.24) is 0 Å². The molecular formula is C16H28O2. The van der Waals surface area contributed by atoms with Crippen LogP contribution in [0.4, 0.5) is 0 Å². The first kappa shape index (κ1) is 15.3. The summed E-state index contributed by atoms with van der Waals surface area (Å²) in [6, 6.07) is 0. The highest BCUT2D eigenvalue weighted by Crippen LogP contribution is 2.34. The number of rotatable bonds is 4. The Morgan fingerprint density at radius 1 is 1.22 bits per heavy atom. The van der Waals surface area contributed by atoms with Crippen LogP contribution >= 0.6 is 0 Å². The lowest BCUT2D eigenvalue weighted by molar-refractivity contribution is -0.167. The monoisotopic (exact) mass is 252 g/mol. The molecule has 0 heterocycles. The Hall–Kier alpha value is -0.790. The van der Waals surface area contributed by atoms with Gasteiger partial charge in [-0.1, -0.05) is 32.8 Å². The molecule has 0 unspecified atom stereocenters. The maximum Gasteiger partial charge on any atom is 0.312 e. The van der Waals surface area contributed by atoms with Crippen LogP contribution in [0.3, 0.4) is 0 Å². The summed E-state index contributed by atoms with van der Waals surface area (Å²) >= 11 is 0. The van der Waals surface area contributed by atoms with Crippen LogP contribution in [-0.4, -0.2) is 11.6 Å². The molecule has 0 bridgehead atoms. The summed E-state index contributed by atoms with van der Waals surface area (Å²) < 4.78 is 5.86. The predicted octanol–water partition coefficient (Wildman–Crippen LogP) is 4.63. The second-order valence-electron chi connectivity index (χ2n) is 6.16. The third kappa shape index (κ3) is 3.86. The van der Waals surface area contributed by atoms with Crippen molar-refractivity contribution in [2.24, 2.45) is 5.41 Å². The van der Waals surface area contributed by atoms with E-state index in [0.717, 1.165) is 32.1 Å². The van der Waals surface area contributed by atoms with Gasteiger partial charge in [-0.05, 0) is 52.0 Å². The fraction of sp³-hybridized carbons (Fsp3) is 0.812. The SMILES string of the molecule is C=CC1(OC(=O)C(C)(C)CC)CCCCCCC1. The van der Waals surface area contributed by atoms with Gasteiger partial charge in [-0.25, -0.2) is 0 Å². The quantitative estimate of drug-likeness (QED) is 0.538. The minimum absolute atomic E-state index is 0.0783. The maximum atomic E-state index is 12.3. The first-order valence-corrected chi connectivity index (χ1v) is 7.33. The summed E-state index contributed by atoms with van der Waals surface area (Å²) in [4.78, 5) is 12.3. The number of carbonyl (C=O) groups excluding carboxylic acids is 1. The van der Waals surface area contributed by atoms with E-state index in [9.17, 15) is 4.79 Å². The van der Waals surface area contributed by atoms with E-state index in [-0.39, 0.29) is 5.97 Å². The molecule has 0 saturated heterocycles. The van der Waals surface area contributed by atoms with Gasteiger partial charge in [-0.15, -0.1) is 0 Å². The summed E-state index contributed by atoms with van der Waals surface area (Å²) in [7, 11) is 0. The van der Waals surface area contributed by atoms with Gasteiger partial charge in [0.15, 0.2) is 0 Å². The molecule has 0 spiro atoms. The zero-order valence-corrected chi connectivity index (χ0v) is 12.3. The van der Waals surface area contributed by atoms with E-state index in [1.165, 1.54) is 19.3 Å². The summed E-state index contributed by atoms with van der Waals surface area (Å²) in [5.41, 5.74) is -0.803. The summed E-state index contributed by atoms with van der Waals surface area (Å²) in [5, 5.41) is 0. The average molecular weight is 252 g/mol. The Labute approximate surface area is 112 Å². The standard InChI is InChI=1S/C16H28O2/c1-5-15(3,4)14(17)18-16(6-2)12-10-8-7-9-11-13-16/h6H,2,5,7-13H2,1,3-4H3. The minimum Gasteiger partial charge on any atom is -0.454 e. The van der Waals surface area contributed by atoms with Gasteiger partial charge in [-0.3, -0.25) is 4.79 Å². The molecule has 104 valence electrons. The molecule has 2 nitrogen and oxygen atoms in total. The Balaban J connectivity index is 2.74. The van der Waals surface area contributed by atoms with Crippen molar-refractivity contribution < 1.29 is 9.53 Å². The summed E-state index contributed by atoms with van der Waals surface area (Å²) in [6.07, 6.45) is 10.6. The van der Waals surface area contributed by atoms with Crippen LogP contribution in [0.25, 0.3) is 0 Å². The highest BCUT2D eigenvalue weighted by atomic mass is 16.6. The molecular weight excluding hydrogens is 224 g/mol. The second-order valence-corrected chi connectivity index (χ2v) is 6.16. The largest absolute Gasteiger partial charge is 0.454 e. The first-order valence-electron chi connectivity index (χ1n) is 7.33. The van der Waals surface area contributed by atoms with Gasteiger partial charge in [-0.2, -0.15) is 0 Å². The number of hydrogen-bond donors (Lipinski definition) is 0.